The fraction of sp³-hybridized carbons (Fsp3) is 0. The molecule has 0 bridgehead atoms. The third-order valence-corrected chi connectivity index (χ3v) is 0. The summed E-state index contributed by atoms with van der Waals surface area (Å²) >= 11 is 4.76. The molecule has 0 aromatic carbocycles. The Labute approximate surface area is 47.8 Å². The summed E-state index contributed by atoms with van der Waals surface area (Å²) in [5.74, 6) is 0. The molecule has 3 nitrogen and oxygen atoms in total. The molecular formula is C2H5ClO3Si. The molecule has 0 heterocycles. The van der Waals surface area contributed by atoms with E-state index in [1.54, 1.807) is 0 Å². The second-order valence-corrected chi connectivity index (χ2v) is 1.31. The van der Waals surface area contributed by atoms with E-state index in [9.17, 15) is 0 Å². The molecule has 42 valence electrons. The van der Waals surface area contributed by atoms with Gasteiger partial charge < -0.3 is 9.59 Å². The van der Waals surface area contributed by atoms with Crippen molar-refractivity contribution in [2.24, 2.45) is 0 Å². The molecule has 2 N–H and O–H groups in total. The molecule has 0 aliphatic rings. The number of halogens is 1. The van der Waals surface area contributed by atoms with E-state index in [1.165, 1.54) is 5.54 Å². The molecule has 7 heavy (non-hydrogen) atoms. The summed E-state index contributed by atoms with van der Waals surface area (Å²) in [7, 11) is -3.13. The van der Waals surface area contributed by atoms with Crippen LogP contribution in [0.4, 0.5) is 0 Å². The quantitative estimate of drug-likeness (QED) is 0.457. The maximum absolute atomic E-state index is 8.74. The van der Waals surface area contributed by atoms with Crippen LogP contribution in [0.15, 0.2) is 12.1 Å². The highest BCUT2D eigenvalue weighted by molar-refractivity contribution is 6.25. The van der Waals surface area contributed by atoms with Crippen LogP contribution in [0, 0.1) is 0 Å². The third-order valence-electron chi connectivity index (χ3n) is 0. The lowest BCUT2D eigenvalue weighted by atomic mass is 11.3. The zero-order valence-electron chi connectivity index (χ0n) is 3.47. The Balaban J connectivity index is 0. The van der Waals surface area contributed by atoms with Crippen LogP contribution in [-0.2, 0) is 4.46 Å². The van der Waals surface area contributed by atoms with Crippen LogP contribution in [0.2, 0.25) is 0 Å². The Morgan fingerprint density at radius 1 is 1.71 bits per heavy atom. The van der Waals surface area contributed by atoms with Crippen molar-refractivity contribution in [3.63, 3.8) is 0 Å². The van der Waals surface area contributed by atoms with Crippen LogP contribution < -0.4 is 0 Å². The van der Waals surface area contributed by atoms with Crippen LogP contribution in [0.5, 0.6) is 0 Å². The van der Waals surface area contributed by atoms with Crippen LogP contribution >= 0.6 is 11.6 Å². The van der Waals surface area contributed by atoms with Gasteiger partial charge in [0, 0.05) is 0 Å². The van der Waals surface area contributed by atoms with Crippen LogP contribution in [0.3, 0.4) is 0 Å². The van der Waals surface area contributed by atoms with Crippen molar-refractivity contribution in [2.45, 2.75) is 0 Å². The molecule has 0 radical (unpaired) electrons. The van der Waals surface area contributed by atoms with Gasteiger partial charge in [0.15, 0.2) is 0 Å². The Morgan fingerprint density at radius 3 is 1.71 bits per heavy atom. The molecule has 0 unspecified atom stereocenters. The normalized spacial score (nSPS) is 5.29. The van der Waals surface area contributed by atoms with Crippen molar-refractivity contribution in [1.82, 2.24) is 0 Å². The van der Waals surface area contributed by atoms with Crippen molar-refractivity contribution >= 4 is 20.8 Å². The van der Waals surface area contributed by atoms with Gasteiger partial charge in [-0.2, -0.15) is 0 Å². The van der Waals surface area contributed by atoms with E-state index >= 15 is 0 Å². The van der Waals surface area contributed by atoms with Crippen LogP contribution in [-0.4, -0.2) is 18.8 Å². The lowest BCUT2D eigenvalue weighted by molar-refractivity contribution is 0.330. The van der Waals surface area contributed by atoms with Gasteiger partial charge >= 0.3 is 9.17 Å². The van der Waals surface area contributed by atoms with Gasteiger partial charge in [-0.1, -0.05) is 18.2 Å². The van der Waals surface area contributed by atoms with Crippen molar-refractivity contribution in [3.05, 3.63) is 12.1 Å². The molecule has 0 saturated carbocycles. The average molecular weight is 141 g/mol. The largest absolute Gasteiger partial charge is 0.761 e. The molecule has 0 rings (SSSR count). The predicted octanol–water partition coefficient (Wildman–Crippen LogP) is -0.245. The molecule has 5 heteroatoms. The minimum absolute atomic E-state index is 1.22. The standard InChI is InChI=1S/C2H3Cl.H2O3Si/c1-2-3;1-4(2)3/h2H,1H2;1-2H. The summed E-state index contributed by atoms with van der Waals surface area (Å²) in [6.45, 7) is 3.13. The highest BCUT2D eigenvalue weighted by atomic mass is 35.5. The Morgan fingerprint density at radius 2 is 1.71 bits per heavy atom. The monoisotopic (exact) mass is 140 g/mol. The highest BCUT2D eigenvalue weighted by Crippen LogP contribution is 1.60. The molecule has 0 aliphatic carbocycles. The van der Waals surface area contributed by atoms with E-state index in [4.69, 9.17) is 25.7 Å². The third kappa shape index (κ3) is 602. The molecule has 0 fully saturated rings. The van der Waals surface area contributed by atoms with E-state index in [1.807, 2.05) is 0 Å². The molecular weight excluding hydrogens is 136 g/mol. The maximum Gasteiger partial charge on any atom is 0.761 e. The lowest BCUT2D eigenvalue weighted by Gasteiger charge is -1.55. The van der Waals surface area contributed by atoms with E-state index in [0.717, 1.165) is 0 Å². The maximum atomic E-state index is 8.74. The summed E-state index contributed by atoms with van der Waals surface area (Å²) < 4.78 is 8.74. The summed E-state index contributed by atoms with van der Waals surface area (Å²) in [6.07, 6.45) is 0. The molecule has 0 atom stereocenters. The lowest BCUT2D eigenvalue weighted by Crippen LogP contribution is -1.90. The summed E-state index contributed by atoms with van der Waals surface area (Å²) in [6, 6.07) is 0. The van der Waals surface area contributed by atoms with Crippen molar-refractivity contribution in [1.29, 1.82) is 0 Å². The molecule has 0 aromatic heterocycles. The van der Waals surface area contributed by atoms with Gasteiger partial charge in [-0.25, -0.2) is 0 Å². The minimum atomic E-state index is -3.13. The second kappa shape index (κ2) is 9.17. The SMILES string of the molecule is C=CCl.O=[Si](O)O. The molecule has 0 aromatic rings. The first-order chi connectivity index (χ1) is 3.15. The second-order valence-electron chi connectivity index (χ2n) is 0.437. The van der Waals surface area contributed by atoms with Crippen molar-refractivity contribution in [3.8, 4) is 0 Å². The highest BCUT2D eigenvalue weighted by Gasteiger charge is 1.85. The summed E-state index contributed by atoms with van der Waals surface area (Å²) in [5, 5.41) is 0. The van der Waals surface area contributed by atoms with E-state index < -0.39 is 9.17 Å². The summed E-state index contributed by atoms with van der Waals surface area (Å²) in [4.78, 5) is 14.3. The van der Waals surface area contributed by atoms with E-state index in [0.29, 0.717) is 0 Å². The molecule has 0 aliphatic heterocycles. The fourth-order valence-corrected chi connectivity index (χ4v) is 0. The zero-order chi connectivity index (χ0) is 6.28. The van der Waals surface area contributed by atoms with Gasteiger partial charge in [0.2, 0.25) is 0 Å². The number of hydrogen-bond donors (Lipinski definition) is 2. The smallest absolute Gasteiger partial charge is 0.511 e. The first-order valence-corrected chi connectivity index (χ1v) is 3.02. The topological polar surface area (TPSA) is 57.5 Å². The van der Waals surface area contributed by atoms with Gasteiger partial charge in [-0.15, -0.1) is 0 Å². The summed E-state index contributed by atoms with van der Waals surface area (Å²) in [5.41, 5.74) is 1.22. The Bertz CT molecular complexity index is 60.0. The van der Waals surface area contributed by atoms with Gasteiger partial charge in [0.05, 0.1) is 0 Å². The van der Waals surface area contributed by atoms with Gasteiger partial charge in [0.25, 0.3) is 0 Å². The Kier molecular flexibility index (Phi) is 12.9. The van der Waals surface area contributed by atoms with Crippen molar-refractivity contribution < 1.29 is 14.1 Å². The van der Waals surface area contributed by atoms with Crippen LogP contribution in [0.25, 0.3) is 0 Å². The average Bonchev–Trinajstić information content (AvgIpc) is 1.33. The number of hydrogen-bond acceptors (Lipinski definition) is 1. The van der Waals surface area contributed by atoms with E-state index in [-0.39, 0.29) is 0 Å². The molecule has 0 saturated heterocycles. The first-order valence-electron chi connectivity index (χ1n) is 1.28. The fourth-order valence-electron chi connectivity index (χ4n) is 0. The van der Waals surface area contributed by atoms with Gasteiger partial charge in [-0.3, -0.25) is 4.46 Å². The number of rotatable bonds is 0. The van der Waals surface area contributed by atoms with E-state index in [2.05, 4.69) is 6.58 Å². The minimum Gasteiger partial charge on any atom is -0.511 e. The predicted molar refractivity (Wildman–Crippen MR) is 26.9 cm³/mol. The van der Waals surface area contributed by atoms with Gasteiger partial charge in [-0.05, 0) is 5.54 Å². The first kappa shape index (κ1) is 9.82. The molecule has 0 spiro atoms. The van der Waals surface area contributed by atoms with Crippen LogP contribution in [0.1, 0.15) is 0 Å². The Hall–Kier alpha value is -0.353. The molecule has 0 amide bonds. The van der Waals surface area contributed by atoms with Gasteiger partial charge in [0.1, 0.15) is 0 Å². The van der Waals surface area contributed by atoms with Crippen molar-refractivity contribution in [2.75, 3.05) is 0 Å². The zero-order valence-corrected chi connectivity index (χ0v) is 5.22.